The molecule has 24 heavy (non-hydrogen) atoms. The SMILES string of the molecule is COc1ccc([C@@H]2C[C@@H](O)[C@H](OC)C[C@H]2[N+](=O)[O-])c(OC)c1OC. The van der Waals surface area contributed by atoms with Gasteiger partial charge in [-0.15, -0.1) is 0 Å². The lowest BCUT2D eigenvalue weighted by Gasteiger charge is -2.35. The van der Waals surface area contributed by atoms with Crippen LogP contribution in [-0.4, -0.2) is 56.7 Å². The van der Waals surface area contributed by atoms with E-state index in [1.807, 2.05) is 0 Å². The van der Waals surface area contributed by atoms with Gasteiger partial charge in [-0.25, -0.2) is 0 Å². The second-order valence-corrected chi connectivity index (χ2v) is 5.70. The number of rotatable bonds is 6. The number of hydrogen-bond donors (Lipinski definition) is 1. The Kier molecular flexibility index (Phi) is 5.84. The normalized spacial score (nSPS) is 26.7. The van der Waals surface area contributed by atoms with Gasteiger partial charge in [-0.3, -0.25) is 10.1 Å². The summed E-state index contributed by atoms with van der Waals surface area (Å²) in [6.07, 6.45) is -1.00. The Labute approximate surface area is 140 Å². The maximum absolute atomic E-state index is 11.6. The van der Waals surface area contributed by atoms with Gasteiger partial charge in [0.25, 0.3) is 0 Å². The molecule has 1 saturated carbocycles. The molecule has 0 aromatic heterocycles. The van der Waals surface area contributed by atoms with Gasteiger partial charge in [0.15, 0.2) is 11.5 Å². The maximum Gasteiger partial charge on any atom is 0.222 e. The molecular weight excluding hydrogens is 318 g/mol. The highest BCUT2D eigenvalue weighted by atomic mass is 16.6. The zero-order valence-corrected chi connectivity index (χ0v) is 14.2. The van der Waals surface area contributed by atoms with E-state index in [0.717, 1.165) is 0 Å². The highest BCUT2D eigenvalue weighted by Gasteiger charge is 2.45. The van der Waals surface area contributed by atoms with Gasteiger partial charge in [0.1, 0.15) is 0 Å². The predicted molar refractivity (Wildman–Crippen MR) is 85.7 cm³/mol. The van der Waals surface area contributed by atoms with Crippen LogP contribution in [0.2, 0.25) is 0 Å². The third-order valence-corrected chi connectivity index (χ3v) is 4.57. The lowest BCUT2D eigenvalue weighted by Crippen LogP contribution is -2.45. The first kappa shape index (κ1) is 18.3. The highest BCUT2D eigenvalue weighted by Crippen LogP contribution is 2.46. The molecule has 0 saturated heterocycles. The van der Waals surface area contributed by atoms with Crippen molar-refractivity contribution in [1.82, 2.24) is 0 Å². The van der Waals surface area contributed by atoms with Gasteiger partial charge in [-0.05, 0) is 12.5 Å². The van der Waals surface area contributed by atoms with Gasteiger partial charge in [0.2, 0.25) is 11.8 Å². The molecule has 1 N–H and O–H groups in total. The minimum absolute atomic E-state index is 0.132. The Hall–Kier alpha value is -2.06. The molecule has 1 aliphatic rings. The highest BCUT2D eigenvalue weighted by molar-refractivity contribution is 5.57. The molecule has 8 nitrogen and oxygen atoms in total. The third kappa shape index (κ3) is 3.25. The lowest BCUT2D eigenvalue weighted by molar-refractivity contribution is -0.533. The van der Waals surface area contributed by atoms with E-state index >= 15 is 0 Å². The second-order valence-electron chi connectivity index (χ2n) is 5.70. The molecule has 0 aliphatic heterocycles. The number of ether oxygens (including phenoxy) is 4. The molecule has 0 spiro atoms. The number of nitrogens with zero attached hydrogens (tertiary/aromatic N) is 1. The van der Waals surface area contributed by atoms with Crippen molar-refractivity contribution in [2.75, 3.05) is 28.4 Å². The predicted octanol–water partition coefficient (Wildman–Crippen LogP) is 1.61. The van der Waals surface area contributed by atoms with Crippen LogP contribution in [0.1, 0.15) is 24.3 Å². The van der Waals surface area contributed by atoms with Crippen molar-refractivity contribution in [3.05, 3.63) is 27.8 Å². The number of hydrogen-bond acceptors (Lipinski definition) is 7. The van der Waals surface area contributed by atoms with Crippen LogP contribution in [0.15, 0.2) is 12.1 Å². The van der Waals surface area contributed by atoms with Crippen molar-refractivity contribution in [2.24, 2.45) is 0 Å². The van der Waals surface area contributed by atoms with E-state index < -0.39 is 24.2 Å². The van der Waals surface area contributed by atoms with Crippen LogP contribution in [0.25, 0.3) is 0 Å². The van der Waals surface area contributed by atoms with Crippen LogP contribution >= 0.6 is 0 Å². The van der Waals surface area contributed by atoms with Gasteiger partial charge < -0.3 is 24.1 Å². The smallest absolute Gasteiger partial charge is 0.222 e. The fraction of sp³-hybridized carbons (Fsp3) is 0.625. The molecule has 0 radical (unpaired) electrons. The quantitative estimate of drug-likeness (QED) is 0.620. The molecule has 1 fully saturated rings. The van der Waals surface area contributed by atoms with Gasteiger partial charge in [-0.2, -0.15) is 0 Å². The summed E-state index contributed by atoms with van der Waals surface area (Å²) in [5, 5.41) is 21.8. The van der Waals surface area contributed by atoms with E-state index in [0.29, 0.717) is 22.8 Å². The fourth-order valence-electron chi connectivity index (χ4n) is 3.37. The molecule has 134 valence electrons. The van der Waals surface area contributed by atoms with Gasteiger partial charge >= 0.3 is 0 Å². The van der Waals surface area contributed by atoms with E-state index in [1.165, 1.54) is 28.4 Å². The van der Waals surface area contributed by atoms with E-state index in [9.17, 15) is 15.2 Å². The summed E-state index contributed by atoms with van der Waals surface area (Å²) >= 11 is 0. The monoisotopic (exact) mass is 341 g/mol. The van der Waals surface area contributed by atoms with Crippen molar-refractivity contribution in [3.8, 4) is 17.2 Å². The van der Waals surface area contributed by atoms with Crippen molar-refractivity contribution >= 4 is 0 Å². The summed E-state index contributed by atoms with van der Waals surface area (Å²) in [5.41, 5.74) is 0.616. The van der Waals surface area contributed by atoms with Crippen LogP contribution in [0.5, 0.6) is 17.2 Å². The Morgan fingerprint density at radius 3 is 2.25 bits per heavy atom. The van der Waals surface area contributed by atoms with E-state index in [2.05, 4.69) is 0 Å². The molecule has 0 heterocycles. The van der Waals surface area contributed by atoms with E-state index in [4.69, 9.17) is 18.9 Å². The first-order valence-corrected chi connectivity index (χ1v) is 7.61. The molecule has 0 bridgehead atoms. The van der Waals surface area contributed by atoms with Crippen LogP contribution in [-0.2, 0) is 4.74 Å². The average Bonchev–Trinajstić information content (AvgIpc) is 2.59. The molecule has 0 unspecified atom stereocenters. The van der Waals surface area contributed by atoms with Crippen molar-refractivity contribution < 1.29 is 29.0 Å². The Morgan fingerprint density at radius 1 is 1.08 bits per heavy atom. The molecule has 1 aromatic rings. The standard InChI is InChI=1S/C16H23NO7/c1-21-13-6-5-9(15(23-3)16(13)24-4)10-7-12(18)14(22-2)8-11(10)17(19)20/h5-6,10-12,14,18H,7-8H2,1-4H3/t10-,11+,12+,14+/m0/s1. The van der Waals surface area contributed by atoms with Crippen LogP contribution < -0.4 is 14.2 Å². The number of aliphatic hydroxyl groups is 1. The minimum Gasteiger partial charge on any atom is -0.493 e. The Morgan fingerprint density at radius 2 is 1.75 bits per heavy atom. The van der Waals surface area contributed by atoms with Gasteiger partial charge in [0, 0.05) is 24.0 Å². The number of nitro groups is 1. The Bertz CT molecular complexity index is 592. The van der Waals surface area contributed by atoms with Crippen molar-refractivity contribution in [1.29, 1.82) is 0 Å². The summed E-state index contributed by atoms with van der Waals surface area (Å²) in [4.78, 5) is 11.2. The summed E-state index contributed by atoms with van der Waals surface area (Å²) in [7, 11) is 5.90. The molecule has 1 aliphatic carbocycles. The second kappa shape index (κ2) is 7.67. The lowest BCUT2D eigenvalue weighted by atomic mass is 9.77. The fourth-order valence-corrected chi connectivity index (χ4v) is 3.37. The topological polar surface area (TPSA) is 100 Å². The first-order chi connectivity index (χ1) is 11.5. The molecule has 8 heteroatoms. The van der Waals surface area contributed by atoms with Crippen LogP contribution in [0, 0.1) is 10.1 Å². The summed E-state index contributed by atoms with van der Waals surface area (Å²) < 4.78 is 21.2. The van der Waals surface area contributed by atoms with Gasteiger partial charge in [0.05, 0.1) is 39.5 Å². The average molecular weight is 341 g/mol. The molecule has 2 rings (SSSR count). The summed E-state index contributed by atoms with van der Waals surface area (Å²) in [5.74, 6) is 0.720. The van der Waals surface area contributed by atoms with Crippen LogP contribution in [0.4, 0.5) is 0 Å². The van der Waals surface area contributed by atoms with Crippen molar-refractivity contribution in [3.63, 3.8) is 0 Å². The maximum atomic E-state index is 11.6. The van der Waals surface area contributed by atoms with Crippen LogP contribution in [0.3, 0.4) is 0 Å². The number of benzene rings is 1. The summed E-state index contributed by atoms with van der Waals surface area (Å²) in [6.45, 7) is 0. The number of methoxy groups -OCH3 is 4. The molecule has 1 aromatic carbocycles. The molecular formula is C16H23NO7. The zero-order chi connectivity index (χ0) is 17.9. The van der Waals surface area contributed by atoms with Crippen molar-refractivity contribution in [2.45, 2.75) is 37.0 Å². The summed E-state index contributed by atoms with van der Waals surface area (Å²) in [6, 6.07) is 2.52. The Balaban J connectivity index is 2.50. The van der Waals surface area contributed by atoms with Gasteiger partial charge in [-0.1, -0.05) is 6.07 Å². The van der Waals surface area contributed by atoms with E-state index in [1.54, 1.807) is 12.1 Å². The largest absolute Gasteiger partial charge is 0.493 e. The van der Waals surface area contributed by atoms with E-state index in [-0.39, 0.29) is 17.8 Å². The minimum atomic E-state index is -0.884. The first-order valence-electron chi connectivity index (χ1n) is 7.61. The molecule has 4 atom stereocenters. The number of aliphatic hydroxyl groups excluding tert-OH is 1. The zero-order valence-electron chi connectivity index (χ0n) is 14.2. The molecule has 0 amide bonds. The third-order valence-electron chi connectivity index (χ3n) is 4.57.